The van der Waals surface area contributed by atoms with Crippen LogP contribution >= 0.6 is 0 Å². The van der Waals surface area contributed by atoms with E-state index < -0.39 is 0 Å². The standard InChI is InChI=1S/C53H30N6O/c54-31-33-22-25-39(38(28-33)32-55)36-23-26-46-43(29-36)41-16-7-9-19-45(41)59(46)47-27-24-37(40-18-11-21-49-50(40)42-17-8-10-20-48(42)60-49)30-44(47)53-57-51(34-12-3-1-4-13-34)56-52(58-53)35-14-5-2-6-15-35/h1-30H. The zero-order chi connectivity index (χ0) is 40.2. The first-order valence-corrected chi connectivity index (χ1v) is 19.6. The monoisotopic (exact) mass is 766 g/mol. The van der Waals surface area contributed by atoms with Gasteiger partial charge < -0.3 is 8.98 Å². The Morgan fingerprint density at radius 3 is 1.80 bits per heavy atom. The van der Waals surface area contributed by atoms with Gasteiger partial charge in [0.25, 0.3) is 0 Å². The molecule has 11 rings (SSSR count). The van der Waals surface area contributed by atoms with Crippen LogP contribution in [0.2, 0.25) is 0 Å². The van der Waals surface area contributed by atoms with E-state index in [1.807, 2.05) is 109 Å². The van der Waals surface area contributed by atoms with Crippen LogP contribution in [0.3, 0.4) is 0 Å². The maximum absolute atomic E-state index is 10.1. The molecule has 0 aliphatic rings. The Kier molecular flexibility index (Phi) is 8.11. The minimum atomic E-state index is 0.449. The molecule has 7 nitrogen and oxygen atoms in total. The Balaban J connectivity index is 1.21. The predicted octanol–water partition coefficient (Wildman–Crippen LogP) is 12.9. The molecule has 278 valence electrons. The molecule has 7 heteroatoms. The van der Waals surface area contributed by atoms with E-state index in [4.69, 9.17) is 19.4 Å². The lowest BCUT2D eigenvalue weighted by Gasteiger charge is -2.17. The highest BCUT2D eigenvalue weighted by molar-refractivity contribution is 6.13. The van der Waals surface area contributed by atoms with Crippen molar-refractivity contribution in [3.05, 3.63) is 193 Å². The molecule has 0 atom stereocenters. The summed E-state index contributed by atoms with van der Waals surface area (Å²) in [4.78, 5) is 15.5. The van der Waals surface area contributed by atoms with Crippen molar-refractivity contribution in [1.82, 2.24) is 19.5 Å². The van der Waals surface area contributed by atoms with Crippen molar-refractivity contribution in [2.45, 2.75) is 0 Å². The third-order valence-corrected chi connectivity index (χ3v) is 11.1. The first-order chi connectivity index (χ1) is 29.6. The summed E-state index contributed by atoms with van der Waals surface area (Å²) < 4.78 is 8.61. The number of aromatic nitrogens is 4. The highest BCUT2D eigenvalue weighted by Crippen LogP contribution is 2.42. The highest BCUT2D eigenvalue weighted by Gasteiger charge is 2.22. The molecule has 0 fully saturated rings. The number of nitriles is 2. The van der Waals surface area contributed by atoms with Gasteiger partial charge in [0, 0.05) is 38.2 Å². The topological polar surface area (TPSA) is 104 Å². The largest absolute Gasteiger partial charge is 0.456 e. The summed E-state index contributed by atoms with van der Waals surface area (Å²) in [6.45, 7) is 0. The van der Waals surface area contributed by atoms with Gasteiger partial charge in [0.05, 0.1) is 40.0 Å². The van der Waals surface area contributed by atoms with E-state index in [2.05, 4.69) is 77.4 Å². The van der Waals surface area contributed by atoms with E-state index in [1.165, 1.54) is 0 Å². The second-order valence-electron chi connectivity index (χ2n) is 14.6. The first-order valence-electron chi connectivity index (χ1n) is 19.6. The van der Waals surface area contributed by atoms with Crippen LogP contribution in [0.4, 0.5) is 0 Å². The molecule has 0 spiro atoms. The lowest BCUT2D eigenvalue weighted by molar-refractivity contribution is 0.669. The lowest BCUT2D eigenvalue weighted by atomic mass is 9.96. The number of para-hydroxylation sites is 2. The molecule has 60 heavy (non-hydrogen) atoms. The summed E-state index contributed by atoms with van der Waals surface area (Å²) in [6, 6.07) is 65.2. The molecule has 0 aliphatic carbocycles. The third kappa shape index (κ3) is 5.69. The summed E-state index contributed by atoms with van der Waals surface area (Å²) in [5.74, 6) is 1.67. The van der Waals surface area contributed by atoms with Crippen LogP contribution in [0.25, 0.3) is 106 Å². The van der Waals surface area contributed by atoms with Crippen LogP contribution in [-0.4, -0.2) is 19.5 Å². The molecule has 0 N–H and O–H groups in total. The third-order valence-electron chi connectivity index (χ3n) is 11.1. The van der Waals surface area contributed by atoms with Crippen LogP contribution in [0.1, 0.15) is 11.1 Å². The SMILES string of the molecule is N#Cc1ccc(-c2ccc3c(c2)c2ccccc2n3-c2ccc(-c3cccc4oc5ccccc5c34)cc2-c2nc(-c3ccccc3)nc(-c3ccccc3)n2)c(C#N)c1. The number of fused-ring (bicyclic) bond motifs is 6. The molecule has 0 radical (unpaired) electrons. The summed E-state index contributed by atoms with van der Waals surface area (Å²) in [7, 11) is 0. The number of hydrogen-bond donors (Lipinski definition) is 0. The Morgan fingerprint density at radius 2 is 1.05 bits per heavy atom. The maximum atomic E-state index is 10.1. The summed E-state index contributed by atoms with van der Waals surface area (Å²) in [6.07, 6.45) is 0. The number of hydrogen-bond acceptors (Lipinski definition) is 6. The summed E-state index contributed by atoms with van der Waals surface area (Å²) in [5.41, 5.74) is 11.7. The average Bonchev–Trinajstić information content (AvgIpc) is 3.87. The molecule has 0 unspecified atom stereocenters. The van der Waals surface area contributed by atoms with Gasteiger partial charge in [-0.05, 0) is 76.9 Å². The molecule has 3 heterocycles. The van der Waals surface area contributed by atoms with Crippen LogP contribution in [0.15, 0.2) is 186 Å². The number of furan rings is 1. The minimum absolute atomic E-state index is 0.449. The average molecular weight is 767 g/mol. The number of benzene rings is 8. The molecule has 0 saturated heterocycles. The molecular formula is C53H30N6O. The zero-order valence-electron chi connectivity index (χ0n) is 31.9. The van der Waals surface area contributed by atoms with Crippen molar-refractivity contribution in [2.75, 3.05) is 0 Å². The molecule has 0 aliphatic heterocycles. The highest BCUT2D eigenvalue weighted by atomic mass is 16.3. The number of rotatable bonds is 6. The van der Waals surface area contributed by atoms with E-state index in [9.17, 15) is 10.5 Å². The second kappa shape index (κ2) is 14.1. The first kappa shape index (κ1) is 34.6. The van der Waals surface area contributed by atoms with Crippen molar-refractivity contribution in [1.29, 1.82) is 10.5 Å². The van der Waals surface area contributed by atoms with E-state index in [0.717, 1.165) is 88.4 Å². The van der Waals surface area contributed by atoms with Crippen LogP contribution in [0, 0.1) is 22.7 Å². The van der Waals surface area contributed by atoms with Gasteiger partial charge in [0.1, 0.15) is 11.2 Å². The van der Waals surface area contributed by atoms with E-state index >= 15 is 0 Å². The van der Waals surface area contributed by atoms with E-state index in [-0.39, 0.29) is 0 Å². The molecule has 0 amide bonds. The van der Waals surface area contributed by atoms with Crippen molar-refractivity contribution in [3.63, 3.8) is 0 Å². The smallest absolute Gasteiger partial charge is 0.166 e. The zero-order valence-corrected chi connectivity index (χ0v) is 31.9. The van der Waals surface area contributed by atoms with Crippen LogP contribution in [-0.2, 0) is 0 Å². The fourth-order valence-corrected chi connectivity index (χ4v) is 8.38. The normalized spacial score (nSPS) is 11.3. The van der Waals surface area contributed by atoms with Gasteiger partial charge in [-0.2, -0.15) is 10.5 Å². The van der Waals surface area contributed by atoms with Gasteiger partial charge in [0.2, 0.25) is 0 Å². The predicted molar refractivity (Wildman–Crippen MR) is 238 cm³/mol. The summed E-state index contributed by atoms with van der Waals surface area (Å²) >= 11 is 0. The molecule has 0 bridgehead atoms. The fraction of sp³-hybridized carbons (Fsp3) is 0. The van der Waals surface area contributed by atoms with Gasteiger partial charge in [-0.25, -0.2) is 15.0 Å². The molecule has 0 saturated carbocycles. The van der Waals surface area contributed by atoms with Crippen molar-refractivity contribution in [3.8, 4) is 74.2 Å². The number of nitrogens with zero attached hydrogens (tertiary/aromatic N) is 6. The van der Waals surface area contributed by atoms with Crippen molar-refractivity contribution >= 4 is 43.7 Å². The molecule has 8 aromatic carbocycles. The van der Waals surface area contributed by atoms with Crippen molar-refractivity contribution < 1.29 is 4.42 Å². The lowest BCUT2D eigenvalue weighted by Crippen LogP contribution is -2.04. The Morgan fingerprint density at radius 1 is 0.417 bits per heavy atom. The van der Waals surface area contributed by atoms with Gasteiger partial charge >= 0.3 is 0 Å². The molecule has 3 aromatic heterocycles. The van der Waals surface area contributed by atoms with E-state index in [1.54, 1.807) is 12.1 Å². The molecular weight excluding hydrogens is 737 g/mol. The second-order valence-corrected chi connectivity index (χ2v) is 14.6. The minimum Gasteiger partial charge on any atom is -0.456 e. The molecule has 11 aromatic rings. The fourth-order valence-electron chi connectivity index (χ4n) is 8.38. The quantitative estimate of drug-likeness (QED) is 0.167. The maximum Gasteiger partial charge on any atom is 0.166 e. The van der Waals surface area contributed by atoms with Gasteiger partial charge in [-0.1, -0.05) is 127 Å². The van der Waals surface area contributed by atoms with Crippen molar-refractivity contribution in [2.24, 2.45) is 0 Å². The van der Waals surface area contributed by atoms with Crippen LogP contribution in [0.5, 0.6) is 0 Å². The Bertz CT molecular complexity index is 3520. The summed E-state index contributed by atoms with van der Waals surface area (Å²) in [5, 5.41) is 23.8. The van der Waals surface area contributed by atoms with Crippen LogP contribution < -0.4 is 0 Å². The Hall–Kier alpha value is -8.65. The van der Waals surface area contributed by atoms with Gasteiger partial charge in [0.15, 0.2) is 17.5 Å². The Labute approximate surface area is 344 Å². The van der Waals surface area contributed by atoms with E-state index in [0.29, 0.717) is 28.6 Å². The van der Waals surface area contributed by atoms with Gasteiger partial charge in [-0.15, -0.1) is 0 Å². The van der Waals surface area contributed by atoms with Gasteiger partial charge in [-0.3, -0.25) is 0 Å².